The number of hydrogen-bond acceptors (Lipinski definition) is 3. The first-order valence-corrected chi connectivity index (χ1v) is 8.81. The molecule has 0 radical (unpaired) electrons. The fourth-order valence-electron chi connectivity index (χ4n) is 2.63. The van der Waals surface area contributed by atoms with Gasteiger partial charge in [-0.1, -0.05) is 26.2 Å². The first-order valence-electron chi connectivity index (χ1n) is 8.81. The summed E-state index contributed by atoms with van der Waals surface area (Å²) in [6, 6.07) is 0.114. The van der Waals surface area contributed by atoms with Gasteiger partial charge in [-0.15, -0.1) is 0 Å². The number of guanidine groups is 1. The van der Waals surface area contributed by atoms with E-state index in [2.05, 4.69) is 27.4 Å². The van der Waals surface area contributed by atoms with Gasteiger partial charge >= 0.3 is 6.09 Å². The molecule has 1 aliphatic rings. The number of nitrogens with zero attached hydrogens (tertiary/aromatic N) is 2. The zero-order valence-electron chi connectivity index (χ0n) is 15.4. The maximum absolute atomic E-state index is 11.8. The van der Waals surface area contributed by atoms with Crippen LogP contribution in [0.1, 0.15) is 59.8 Å². The lowest BCUT2D eigenvalue weighted by atomic mass is 10.2. The third-order valence-electron chi connectivity index (χ3n) is 3.73. The Labute approximate surface area is 141 Å². The molecule has 0 aliphatic carbocycles. The fraction of sp³-hybridized carbons (Fsp3) is 0.882. The van der Waals surface area contributed by atoms with Crippen molar-refractivity contribution < 1.29 is 9.53 Å². The van der Waals surface area contributed by atoms with Gasteiger partial charge in [0.05, 0.1) is 6.04 Å². The number of likely N-dealkylation sites (tertiary alicyclic amines) is 1. The Kier molecular flexibility index (Phi) is 8.20. The summed E-state index contributed by atoms with van der Waals surface area (Å²) in [6.07, 6.45) is 5.52. The van der Waals surface area contributed by atoms with E-state index in [1.54, 1.807) is 0 Å². The standard InChI is InChI=1S/C17H34N4O2/c1-6-7-8-9-11-19-15(18-5)21-12-10-14(13-21)20-16(22)23-17(2,3)4/h14H,6-13H2,1-5H3,(H,18,19)(H,20,22). The third kappa shape index (κ3) is 8.09. The van der Waals surface area contributed by atoms with E-state index < -0.39 is 5.60 Å². The number of aliphatic imine (C=N–C) groups is 1. The molecule has 1 amide bonds. The van der Waals surface area contributed by atoms with Gasteiger partial charge in [0.1, 0.15) is 5.60 Å². The van der Waals surface area contributed by atoms with Crippen LogP contribution in [0.5, 0.6) is 0 Å². The minimum Gasteiger partial charge on any atom is -0.444 e. The van der Waals surface area contributed by atoms with Crippen molar-refractivity contribution in [3.8, 4) is 0 Å². The number of unbranched alkanes of at least 4 members (excludes halogenated alkanes) is 3. The predicted molar refractivity (Wildman–Crippen MR) is 94.9 cm³/mol. The Hall–Kier alpha value is -1.46. The molecule has 1 saturated heterocycles. The lowest BCUT2D eigenvalue weighted by Gasteiger charge is -2.23. The SMILES string of the molecule is CCCCCCNC(=NC)N1CCC(NC(=O)OC(C)(C)C)C1. The normalized spacial score (nSPS) is 18.9. The quantitative estimate of drug-likeness (QED) is 0.447. The van der Waals surface area contributed by atoms with Gasteiger partial charge in [0.15, 0.2) is 5.96 Å². The van der Waals surface area contributed by atoms with Crippen LogP contribution in [0.15, 0.2) is 4.99 Å². The molecule has 6 nitrogen and oxygen atoms in total. The summed E-state index contributed by atoms with van der Waals surface area (Å²) in [4.78, 5) is 18.4. The molecule has 0 saturated carbocycles. The number of nitrogens with one attached hydrogen (secondary N) is 2. The highest BCUT2D eigenvalue weighted by molar-refractivity contribution is 5.80. The van der Waals surface area contributed by atoms with E-state index in [9.17, 15) is 4.79 Å². The summed E-state index contributed by atoms with van der Waals surface area (Å²) in [5.74, 6) is 0.926. The molecule has 1 atom stereocenters. The van der Waals surface area contributed by atoms with Crippen LogP contribution in [-0.2, 0) is 4.74 Å². The lowest BCUT2D eigenvalue weighted by molar-refractivity contribution is 0.0507. The first kappa shape index (κ1) is 19.6. The zero-order valence-corrected chi connectivity index (χ0v) is 15.4. The molecule has 6 heteroatoms. The highest BCUT2D eigenvalue weighted by Gasteiger charge is 2.27. The molecule has 0 bridgehead atoms. The van der Waals surface area contributed by atoms with Crippen LogP contribution in [0.4, 0.5) is 4.79 Å². The topological polar surface area (TPSA) is 66.0 Å². The number of hydrogen-bond donors (Lipinski definition) is 2. The van der Waals surface area contributed by atoms with Crippen LogP contribution in [0.2, 0.25) is 0 Å². The van der Waals surface area contributed by atoms with E-state index in [0.29, 0.717) is 0 Å². The van der Waals surface area contributed by atoms with E-state index >= 15 is 0 Å². The smallest absolute Gasteiger partial charge is 0.407 e. The first-order chi connectivity index (χ1) is 10.9. The van der Waals surface area contributed by atoms with Crippen molar-refractivity contribution in [3.63, 3.8) is 0 Å². The number of amides is 1. The van der Waals surface area contributed by atoms with Crippen molar-refractivity contribution in [2.75, 3.05) is 26.7 Å². The van der Waals surface area contributed by atoms with Crippen molar-refractivity contribution in [2.24, 2.45) is 4.99 Å². The molecule has 1 unspecified atom stereocenters. The largest absolute Gasteiger partial charge is 0.444 e. The van der Waals surface area contributed by atoms with Crippen molar-refractivity contribution in [3.05, 3.63) is 0 Å². The summed E-state index contributed by atoms with van der Waals surface area (Å²) < 4.78 is 5.31. The van der Waals surface area contributed by atoms with Crippen molar-refractivity contribution in [1.29, 1.82) is 0 Å². The second-order valence-corrected chi connectivity index (χ2v) is 7.11. The highest BCUT2D eigenvalue weighted by atomic mass is 16.6. The van der Waals surface area contributed by atoms with Gasteiger partial charge in [-0.25, -0.2) is 4.79 Å². The van der Waals surface area contributed by atoms with Crippen LogP contribution < -0.4 is 10.6 Å². The number of carbonyl (C=O) groups is 1. The molecule has 0 aromatic rings. The Morgan fingerprint density at radius 1 is 1.30 bits per heavy atom. The molecule has 1 rings (SSSR count). The Morgan fingerprint density at radius 2 is 2.04 bits per heavy atom. The molecular weight excluding hydrogens is 292 g/mol. The molecular formula is C17H34N4O2. The maximum Gasteiger partial charge on any atom is 0.407 e. The van der Waals surface area contributed by atoms with Crippen molar-refractivity contribution >= 4 is 12.1 Å². The molecule has 1 fully saturated rings. The van der Waals surface area contributed by atoms with E-state index in [1.165, 1.54) is 25.7 Å². The number of rotatable bonds is 6. The lowest BCUT2D eigenvalue weighted by Crippen LogP contribution is -2.44. The molecule has 0 aromatic carbocycles. The van der Waals surface area contributed by atoms with Gasteiger partial charge in [0, 0.05) is 26.7 Å². The summed E-state index contributed by atoms with van der Waals surface area (Å²) in [5, 5.41) is 6.36. The van der Waals surface area contributed by atoms with Gasteiger partial charge in [0.25, 0.3) is 0 Å². The Bertz CT molecular complexity index is 391. The fourth-order valence-corrected chi connectivity index (χ4v) is 2.63. The molecule has 2 N–H and O–H groups in total. The Morgan fingerprint density at radius 3 is 2.65 bits per heavy atom. The maximum atomic E-state index is 11.8. The van der Waals surface area contributed by atoms with E-state index in [-0.39, 0.29) is 12.1 Å². The van der Waals surface area contributed by atoms with Gasteiger partial charge < -0.3 is 20.3 Å². The van der Waals surface area contributed by atoms with Crippen molar-refractivity contribution in [2.45, 2.75) is 71.4 Å². The number of carbonyl (C=O) groups excluding carboxylic acids is 1. The molecule has 0 spiro atoms. The average Bonchev–Trinajstić information content (AvgIpc) is 2.89. The summed E-state index contributed by atoms with van der Waals surface area (Å²) in [6.45, 7) is 10.5. The summed E-state index contributed by atoms with van der Waals surface area (Å²) in [5.41, 5.74) is -0.460. The monoisotopic (exact) mass is 326 g/mol. The minimum atomic E-state index is -0.460. The van der Waals surface area contributed by atoms with Gasteiger partial charge in [-0.2, -0.15) is 0 Å². The second-order valence-electron chi connectivity index (χ2n) is 7.11. The number of alkyl carbamates (subject to hydrolysis) is 1. The van der Waals surface area contributed by atoms with Crippen LogP contribution in [-0.4, -0.2) is 55.3 Å². The van der Waals surface area contributed by atoms with E-state index in [1.807, 2.05) is 27.8 Å². The van der Waals surface area contributed by atoms with E-state index in [0.717, 1.165) is 32.0 Å². The zero-order chi connectivity index (χ0) is 17.3. The Balaban J connectivity index is 2.32. The molecule has 134 valence electrons. The molecule has 23 heavy (non-hydrogen) atoms. The predicted octanol–water partition coefficient (Wildman–Crippen LogP) is 2.74. The minimum absolute atomic E-state index is 0.114. The van der Waals surface area contributed by atoms with Gasteiger partial charge in [0.2, 0.25) is 0 Å². The van der Waals surface area contributed by atoms with Gasteiger partial charge in [-0.3, -0.25) is 4.99 Å². The highest BCUT2D eigenvalue weighted by Crippen LogP contribution is 2.12. The third-order valence-corrected chi connectivity index (χ3v) is 3.73. The molecule has 0 aromatic heterocycles. The summed E-state index contributed by atoms with van der Waals surface area (Å²) in [7, 11) is 1.81. The van der Waals surface area contributed by atoms with Crippen LogP contribution in [0.25, 0.3) is 0 Å². The average molecular weight is 326 g/mol. The van der Waals surface area contributed by atoms with E-state index in [4.69, 9.17) is 4.74 Å². The molecule has 1 aliphatic heterocycles. The van der Waals surface area contributed by atoms with Gasteiger partial charge in [-0.05, 0) is 33.6 Å². The second kappa shape index (κ2) is 9.63. The van der Waals surface area contributed by atoms with Crippen LogP contribution in [0.3, 0.4) is 0 Å². The van der Waals surface area contributed by atoms with Crippen LogP contribution in [0, 0.1) is 0 Å². The number of ether oxygens (including phenoxy) is 1. The summed E-state index contributed by atoms with van der Waals surface area (Å²) >= 11 is 0. The molecule has 1 heterocycles. The van der Waals surface area contributed by atoms with Crippen LogP contribution >= 0.6 is 0 Å². The van der Waals surface area contributed by atoms with Crippen molar-refractivity contribution in [1.82, 2.24) is 15.5 Å².